The van der Waals surface area contributed by atoms with Gasteiger partial charge in [0, 0.05) is 53.2 Å². The molecule has 2 aliphatic heterocycles. The van der Waals surface area contributed by atoms with E-state index >= 15 is 0 Å². The fourth-order valence-electron chi connectivity index (χ4n) is 13.6. The Morgan fingerprint density at radius 1 is 0.545 bits per heavy atom. The second kappa shape index (κ2) is 15.4. The van der Waals surface area contributed by atoms with Crippen LogP contribution >= 0.6 is 11.3 Å². The quantitative estimate of drug-likeness (QED) is 0.165. The van der Waals surface area contributed by atoms with Crippen LogP contribution in [0, 0.1) is 0 Å². The molecule has 0 atom stereocenters. The summed E-state index contributed by atoms with van der Waals surface area (Å²) in [6, 6.07) is 70.7. The summed E-state index contributed by atoms with van der Waals surface area (Å²) in [5, 5.41) is 8.27. The van der Waals surface area contributed by atoms with Crippen molar-refractivity contribution in [3.63, 3.8) is 0 Å². The first kappa shape index (κ1) is 44.9. The number of thiophene rings is 1. The third-order valence-corrected chi connectivity index (χ3v) is 18.7. The summed E-state index contributed by atoms with van der Waals surface area (Å²) in [6.07, 6.45) is 0. The Balaban J connectivity index is 1.10. The van der Waals surface area contributed by atoms with E-state index < -0.39 is 0 Å². The highest BCUT2D eigenvalue weighted by Crippen LogP contribution is 2.56. The van der Waals surface area contributed by atoms with Crippen molar-refractivity contribution in [1.29, 1.82) is 0 Å². The van der Waals surface area contributed by atoms with Crippen molar-refractivity contribution >= 4 is 115 Å². The number of rotatable bonds is 3. The zero-order valence-electron chi connectivity index (χ0n) is 44.6. The molecule has 5 heterocycles. The molecule has 1 aliphatic carbocycles. The van der Waals surface area contributed by atoms with Crippen molar-refractivity contribution in [2.75, 3.05) is 4.90 Å². The van der Waals surface area contributed by atoms with Gasteiger partial charge in [-0.25, -0.2) is 0 Å². The number of fused-ring (bicyclic) bond motifs is 17. The summed E-state index contributed by atoms with van der Waals surface area (Å²) in [5.74, 6) is 1.84. The first-order valence-electron chi connectivity index (χ1n) is 27.2. The fraction of sp³-hybridized carbons (Fsp3) is 0.155. The van der Waals surface area contributed by atoms with Gasteiger partial charge < -0.3 is 18.6 Å². The number of aromatic nitrogens is 1. The molecule has 0 spiro atoms. The SMILES string of the molecule is CC(C)(C)c1ccc(N2c3cc(-c4ccc5ccccc5c4)cc4c3B(c3cc5c(oc6ccccc65)c(-n5c6ccccc6c6c7c(ccc65)C(C)(C)c5ccccc5-7)c32)c2sc3ccc(C(C)(C)C)cc3c2O4)cc1. The van der Waals surface area contributed by atoms with Gasteiger partial charge in [-0.1, -0.05) is 183 Å². The smallest absolute Gasteiger partial charge is 0.269 e. The van der Waals surface area contributed by atoms with Gasteiger partial charge in [-0.15, -0.1) is 11.3 Å². The van der Waals surface area contributed by atoms with Crippen LogP contribution in [0.4, 0.5) is 17.1 Å². The lowest BCUT2D eigenvalue weighted by Gasteiger charge is -2.41. The number of benzene rings is 10. The number of ether oxygens (including phenoxy) is 1. The Morgan fingerprint density at radius 3 is 2.09 bits per heavy atom. The maximum Gasteiger partial charge on any atom is 0.269 e. The van der Waals surface area contributed by atoms with E-state index in [0.29, 0.717) is 0 Å². The lowest BCUT2D eigenvalue weighted by atomic mass is 9.36. The molecule has 4 nitrogen and oxygen atoms in total. The molecule has 3 aromatic heterocycles. The number of nitrogens with zero attached hydrogens (tertiary/aromatic N) is 2. The van der Waals surface area contributed by atoms with Gasteiger partial charge in [-0.2, -0.15) is 0 Å². The Kier molecular flexibility index (Phi) is 9.00. The normalized spacial score (nSPS) is 14.4. The molecule has 6 heteroatoms. The minimum absolute atomic E-state index is 0.0428. The van der Waals surface area contributed by atoms with Gasteiger partial charge in [0.2, 0.25) is 0 Å². The van der Waals surface area contributed by atoms with E-state index in [1.54, 1.807) is 0 Å². The van der Waals surface area contributed by atoms with Crippen molar-refractivity contribution < 1.29 is 9.15 Å². The van der Waals surface area contributed by atoms with Gasteiger partial charge in [0.25, 0.3) is 6.71 Å². The van der Waals surface area contributed by atoms with Crippen LogP contribution in [-0.2, 0) is 16.2 Å². The second-order valence-corrected chi connectivity index (χ2v) is 25.5. The number of para-hydroxylation sites is 2. The van der Waals surface area contributed by atoms with E-state index in [9.17, 15) is 0 Å². The van der Waals surface area contributed by atoms with Gasteiger partial charge in [0.1, 0.15) is 22.8 Å². The molecule has 0 radical (unpaired) electrons. The molecular formula is C71H55BN2O2S. The average Bonchev–Trinajstić information content (AvgIpc) is 4.22. The molecule has 13 aromatic rings. The molecule has 0 unspecified atom stereocenters. The molecule has 3 aliphatic rings. The molecule has 16 rings (SSSR count). The zero-order chi connectivity index (χ0) is 52.0. The van der Waals surface area contributed by atoms with Crippen LogP contribution in [-0.4, -0.2) is 11.3 Å². The van der Waals surface area contributed by atoms with Crippen LogP contribution in [0.5, 0.6) is 11.5 Å². The third kappa shape index (κ3) is 6.22. The summed E-state index contributed by atoms with van der Waals surface area (Å²) < 4.78 is 20.0. The van der Waals surface area contributed by atoms with Crippen LogP contribution in [0.2, 0.25) is 0 Å². The van der Waals surface area contributed by atoms with Gasteiger partial charge in [0.05, 0.1) is 16.7 Å². The largest absolute Gasteiger partial charge is 0.457 e. The van der Waals surface area contributed by atoms with Crippen LogP contribution in [0.25, 0.3) is 92.5 Å². The summed E-state index contributed by atoms with van der Waals surface area (Å²) in [6.45, 7) is 18.4. The highest BCUT2D eigenvalue weighted by atomic mass is 32.1. The Labute approximate surface area is 452 Å². The van der Waals surface area contributed by atoms with Crippen molar-refractivity contribution in [3.05, 3.63) is 210 Å². The maximum atomic E-state index is 7.57. The summed E-state index contributed by atoms with van der Waals surface area (Å²) in [7, 11) is 0. The number of anilines is 3. The highest BCUT2D eigenvalue weighted by Gasteiger charge is 2.47. The standard InChI is InChI=1S/C71H55BN2O2S/c1-69(2,3)44-27-30-46(31-28-44)73-57-36-43(42-26-25-40-17-9-10-18-41(40)35-42)37-59-63(57)72(68-67(76-59)51-38-45(70(4,5)6)29-34-60(51)77-68)54-39-50-47-19-13-16-24-58(47)75-66(50)65(64(54)73)74-55-23-15-12-21-49(55)62-56(74)33-32-53-61(62)48-20-11-14-22-52(48)71(53,7)8/h9-39H,1-8H3. The van der Waals surface area contributed by atoms with Gasteiger partial charge in [0.15, 0.2) is 5.58 Å². The molecule has 0 N–H and O–H groups in total. The molecule has 0 amide bonds. The van der Waals surface area contributed by atoms with E-state index in [-0.39, 0.29) is 23.0 Å². The van der Waals surface area contributed by atoms with E-state index in [1.165, 1.54) is 75.3 Å². The lowest BCUT2D eigenvalue weighted by molar-refractivity contribution is 0.494. The molecule has 0 bridgehead atoms. The van der Waals surface area contributed by atoms with Crippen molar-refractivity contribution in [2.45, 2.75) is 71.6 Å². The molecule has 77 heavy (non-hydrogen) atoms. The number of hydrogen-bond donors (Lipinski definition) is 0. The first-order chi connectivity index (χ1) is 37.2. The minimum Gasteiger partial charge on any atom is -0.457 e. The molecular weight excluding hydrogens is 956 g/mol. The van der Waals surface area contributed by atoms with E-state index in [4.69, 9.17) is 9.15 Å². The Hall–Kier alpha value is -8.32. The van der Waals surface area contributed by atoms with Crippen LogP contribution in [0.1, 0.15) is 77.6 Å². The van der Waals surface area contributed by atoms with Gasteiger partial charge in [-0.3, -0.25) is 0 Å². The second-order valence-electron chi connectivity index (χ2n) is 24.4. The van der Waals surface area contributed by atoms with Crippen LogP contribution in [0.15, 0.2) is 192 Å². The molecule has 0 saturated carbocycles. The van der Waals surface area contributed by atoms with Crippen molar-refractivity contribution in [2.24, 2.45) is 0 Å². The molecule has 0 fully saturated rings. The van der Waals surface area contributed by atoms with E-state index in [1.807, 2.05) is 11.3 Å². The van der Waals surface area contributed by atoms with Gasteiger partial charge in [-0.05, 0) is 138 Å². The van der Waals surface area contributed by atoms with E-state index in [2.05, 4.69) is 253 Å². The summed E-state index contributed by atoms with van der Waals surface area (Å²) in [4.78, 5) is 2.56. The number of furan rings is 1. The monoisotopic (exact) mass is 1010 g/mol. The third-order valence-electron chi connectivity index (χ3n) is 17.5. The summed E-state index contributed by atoms with van der Waals surface area (Å²) in [5.41, 5.74) is 20.6. The van der Waals surface area contributed by atoms with Crippen LogP contribution < -0.4 is 25.3 Å². The zero-order valence-corrected chi connectivity index (χ0v) is 45.4. The number of hydrogen-bond acceptors (Lipinski definition) is 4. The summed E-state index contributed by atoms with van der Waals surface area (Å²) >= 11 is 1.88. The van der Waals surface area contributed by atoms with E-state index in [0.717, 1.165) is 83.7 Å². The average molecular weight is 1010 g/mol. The first-order valence-corrected chi connectivity index (χ1v) is 28.0. The minimum atomic E-state index is -0.174. The predicted octanol–water partition coefficient (Wildman–Crippen LogP) is 18.0. The predicted molar refractivity (Wildman–Crippen MR) is 327 cm³/mol. The Morgan fingerprint density at radius 2 is 1.27 bits per heavy atom. The van der Waals surface area contributed by atoms with Crippen molar-refractivity contribution in [1.82, 2.24) is 4.57 Å². The topological polar surface area (TPSA) is 30.5 Å². The lowest BCUT2D eigenvalue weighted by Crippen LogP contribution is -2.59. The highest BCUT2D eigenvalue weighted by molar-refractivity contribution is 7.33. The molecule has 10 aromatic carbocycles. The maximum absolute atomic E-state index is 7.57. The molecule has 370 valence electrons. The fourth-order valence-corrected chi connectivity index (χ4v) is 14.8. The van der Waals surface area contributed by atoms with Crippen LogP contribution in [0.3, 0.4) is 0 Å². The molecule has 0 saturated heterocycles. The van der Waals surface area contributed by atoms with Gasteiger partial charge >= 0.3 is 0 Å². The Bertz CT molecular complexity index is 4730. The van der Waals surface area contributed by atoms with Crippen molar-refractivity contribution in [3.8, 4) is 39.4 Å².